The monoisotopic (exact) mass is 194 g/mol. The van der Waals surface area contributed by atoms with Crippen molar-refractivity contribution in [3.8, 4) is 0 Å². The van der Waals surface area contributed by atoms with Crippen molar-refractivity contribution >= 4 is 41.5 Å². The number of hydrogen-bond donors (Lipinski definition) is 0. The van der Waals surface area contributed by atoms with Gasteiger partial charge in [0.1, 0.15) is 0 Å². The Morgan fingerprint density at radius 2 is 1.00 bits per heavy atom. The molecule has 0 aromatic heterocycles. The van der Waals surface area contributed by atoms with Crippen molar-refractivity contribution in [2.24, 2.45) is 0 Å². The molecular formula is C6H6BCl3. The van der Waals surface area contributed by atoms with Gasteiger partial charge in [-0.1, -0.05) is 52.7 Å². The summed E-state index contributed by atoms with van der Waals surface area (Å²) in [5, 5.41) is 0. The molecule has 0 heterocycles. The maximum absolute atomic E-state index is 5.33. The summed E-state index contributed by atoms with van der Waals surface area (Å²) in [5.41, 5.74) is 4.29. The summed E-state index contributed by atoms with van der Waals surface area (Å²) >= 11 is 16.0. The fourth-order valence-corrected chi connectivity index (χ4v) is 0.948. The molecule has 0 N–H and O–H groups in total. The zero-order valence-corrected chi connectivity index (χ0v) is 7.44. The van der Waals surface area contributed by atoms with Crippen molar-refractivity contribution in [2.75, 3.05) is 0 Å². The van der Waals surface area contributed by atoms with E-state index in [4.69, 9.17) is 34.8 Å². The molecule has 0 nitrogen and oxygen atoms in total. The lowest BCUT2D eigenvalue weighted by Crippen LogP contribution is -1.99. The molecule has 0 bridgehead atoms. The van der Waals surface area contributed by atoms with Crippen LogP contribution in [0.3, 0.4) is 0 Å². The van der Waals surface area contributed by atoms with Crippen LogP contribution in [0.5, 0.6) is 0 Å². The molecule has 10 heavy (non-hydrogen) atoms. The summed E-state index contributed by atoms with van der Waals surface area (Å²) in [7, 11) is 0. The van der Waals surface area contributed by atoms with Gasteiger partial charge in [0.15, 0.2) is 0 Å². The molecule has 54 valence electrons. The van der Waals surface area contributed by atoms with E-state index in [0.717, 1.165) is 0 Å². The van der Waals surface area contributed by atoms with Crippen LogP contribution in [0, 0.1) is 0 Å². The lowest BCUT2D eigenvalue weighted by Gasteiger charge is -1.89. The number of hydrogen-bond acceptors (Lipinski definition) is 0. The molecule has 0 unspecified atom stereocenters. The maximum Gasteiger partial charge on any atom is 0.221 e. The van der Waals surface area contributed by atoms with Crippen LogP contribution in [0.1, 0.15) is 0 Å². The zero-order valence-electron chi connectivity index (χ0n) is 5.18. The molecule has 4 heteroatoms. The smallest absolute Gasteiger partial charge is 0.0950 e. The molecule has 0 radical (unpaired) electrons. The van der Waals surface area contributed by atoms with Crippen molar-refractivity contribution in [3.05, 3.63) is 34.5 Å². The Labute approximate surface area is 76.2 Å². The molecule has 0 spiro atoms. The van der Waals surface area contributed by atoms with E-state index in [-0.39, 0.29) is 6.71 Å². The molecule has 0 aliphatic carbocycles. The second kappa shape index (κ2) is 7.26. The molecule has 0 atom stereocenters. The minimum absolute atomic E-state index is 0.0903. The van der Waals surface area contributed by atoms with Crippen LogP contribution in [0.2, 0.25) is 0 Å². The second-order valence-corrected chi connectivity index (χ2v) is 2.29. The van der Waals surface area contributed by atoms with E-state index in [1.165, 1.54) is 16.6 Å². The Balaban J connectivity index is 3.97. The van der Waals surface area contributed by atoms with E-state index in [0.29, 0.717) is 0 Å². The third kappa shape index (κ3) is 4.98. The molecule has 0 rings (SSSR count). The van der Waals surface area contributed by atoms with Crippen molar-refractivity contribution < 1.29 is 0 Å². The minimum atomic E-state index is 0.0903. The van der Waals surface area contributed by atoms with Crippen molar-refractivity contribution in [1.82, 2.24) is 0 Å². The van der Waals surface area contributed by atoms with E-state index in [1.54, 1.807) is 17.9 Å². The van der Waals surface area contributed by atoms with Gasteiger partial charge in [0.2, 0.25) is 6.71 Å². The highest BCUT2D eigenvalue weighted by Gasteiger charge is 1.97. The highest BCUT2D eigenvalue weighted by atomic mass is 35.5. The van der Waals surface area contributed by atoms with E-state index < -0.39 is 0 Å². The predicted molar refractivity (Wildman–Crippen MR) is 50.7 cm³/mol. The lowest BCUT2D eigenvalue weighted by atomic mass is 9.51. The first kappa shape index (κ1) is 10.2. The molecule has 0 aromatic carbocycles. The average Bonchev–Trinajstić information content (AvgIpc) is 1.90. The van der Waals surface area contributed by atoms with Gasteiger partial charge in [0.05, 0.1) is 0 Å². The Morgan fingerprint density at radius 3 is 1.20 bits per heavy atom. The SMILES string of the molecule is ClC=CB(C=CCl)C=CCl. The van der Waals surface area contributed by atoms with Gasteiger partial charge in [-0.05, 0) is 16.6 Å². The first-order valence-electron chi connectivity index (χ1n) is 2.65. The fraction of sp³-hybridized carbons (Fsp3) is 0. The predicted octanol–water partition coefficient (Wildman–Crippen LogP) is 3.36. The Bertz CT molecular complexity index is 123. The zero-order chi connectivity index (χ0) is 7.82. The number of halogens is 3. The van der Waals surface area contributed by atoms with Crippen LogP contribution in [-0.4, -0.2) is 6.71 Å². The van der Waals surface area contributed by atoms with Crippen LogP contribution < -0.4 is 0 Å². The first-order chi connectivity index (χ1) is 4.85. The van der Waals surface area contributed by atoms with Crippen molar-refractivity contribution in [2.45, 2.75) is 0 Å². The Kier molecular flexibility index (Phi) is 7.38. The lowest BCUT2D eigenvalue weighted by molar-refractivity contribution is 2.19. The standard InChI is InChI=1S/C6H6BCl3/c8-4-1-7(2-5-9)3-6-10/h1-6H. The molecule has 0 saturated heterocycles. The summed E-state index contributed by atoms with van der Waals surface area (Å²) in [6, 6.07) is 0. The van der Waals surface area contributed by atoms with Crippen LogP contribution in [0.25, 0.3) is 0 Å². The topological polar surface area (TPSA) is 0 Å². The van der Waals surface area contributed by atoms with Crippen molar-refractivity contribution in [1.29, 1.82) is 0 Å². The molecule has 0 saturated carbocycles. The fourth-order valence-electron chi connectivity index (χ4n) is 0.444. The Morgan fingerprint density at radius 1 is 0.700 bits per heavy atom. The van der Waals surface area contributed by atoms with Gasteiger partial charge in [0.25, 0.3) is 0 Å². The Hall–Kier alpha value is 0.155. The van der Waals surface area contributed by atoms with E-state index in [2.05, 4.69) is 0 Å². The van der Waals surface area contributed by atoms with Gasteiger partial charge >= 0.3 is 0 Å². The van der Waals surface area contributed by atoms with Crippen LogP contribution in [-0.2, 0) is 0 Å². The minimum Gasteiger partial charge on any atom is -0.0950 e. The van der Waals surface area contributed by atoms with E-state index >= 15 is 0 Å². The molecule has 0 fully saturated rings. The summed E-state index contributed by atoms with van der Waals surface area (Å²) in [6.45, 7) is 0.0903. The second-order valence-electron chi connectivity index (χ2n) is 1.53. The highest BCUT2D eigenvalue weighted by molar-refractivity contribution is 6.76. The van der Waals surface area contributed by atoms with Crippen molar-refractivity contribution in [3.63, 3.8) is 0 Å². The summed E-state index contributed by atoms with van der Waals surface area (Å²) < 4.78 is 0. The first-order valence-corrected chi connectivity index (χ1v) is 3.96. The summed E-state index contributed by atoms with van der Waals surface area (Å²) in [4.78, 5) is 0. The maximum atomic E-state index is 5.33. The van der Waals surface area contributed by atoms with Gasteiger partial charge in [-0.25, -0.2) is 0 Å². The van der Waals surface area contributed by atoms with Gasteiger partial charge < -0.3 is 0 Å². The molecule has 0 aromatic rings. The molecule has 0 amide bonds. The normalized spacial score (nSPS) is 12.3. The summed E-state index contributed by atoms with van der Waals surface area (Å²) in [5.74, 6) is 5.29. The van der Waals surface area contributed by atoms with Gasteiger partial charge in [-0.2, -0.15) is 0 Å². The van der Waals surface area contributed by atoms with Gasteiger partial charge in [0, 0.05) is 0 Å². The van der Waals surface area contributed by atoms with Gasteiger partial charge in [-0.3, -0.25) is 0 Å². The number of rotatable bonds is 3. The van der Waals surface area contributed by atoms with Crippen LogP contribution >= 0.6 is 34.8 Å². The average molecular weight is 195 g/mol. The molecule has 0 aliphatic rings. The molecule has 0 aliphatic heterocycles. The third-order valence-electron chi connectivity index (χ3n) is 0.885. The summed E-state index contributed by atoms with van der Waals surface area (Å²) in [6.07, 6.45) is 0. The van der Waals surface area contributed by atoms with Crippen LogP contribution in [0.15, 0.2) is 34.5 Å². The van der Waals surface area contributed by atoms with E-state index in [1.807, 2.05) is 0 Å². The third-order valence-corrected chi connectivity index (χ3v) is 1.32. The van der Waals surface area contributed by atoms with Crippen LogP contribution in [0.4, 0.5) is 0 Å². The quantitative estimate of drug-likeness (QED) is 0.606. The highest BCUT2D eigenvalue weighted by Crippen LogP contribution is 1.95. The van der Waals surface area contributed by atoms with Gasteiger partial charge in [-0.15, -0.1) is 0 Å². The molecular weight excluding hydrogens is 189 g/mol. The van der Waals surface area contributed by atoms with E-state index in [9.17, 15) is 0 Å². The largest absolute Gasteiger partial charge is 0.221 e.